The fraction of sp³-hybridized carbons (Fsp3) is 0.647. The van der Waals surface area contributed by atoms with Crippen LogP contribution in [0.25, 0.3) is 0 Å². The van der Waals surface area contributed by atoms with E-state index in [1.54, 1.807) is 14.2 Å². The molecule has 0 aliphatic heterocycles. The molecule has 0 saturated heterocycles. The average Bonchev–Trinajstić information content (AvgIpc) is 2.52. The summed E-state index contributed by atoms with van der Waals surface area (Å²) in [6.45, 7) is 6.32. The quantitative estimate of drug-likeness (QED) is 0.637. The van der Waals surface area contributed by atoms with Gasteiger partial charge in [-0.3, -0.25) is 0 Å². The van der Waals surface area contributed by atoms with Crippen LogP contribution >= 0.6 is 0 Å². The molecule has 21 heavy (non-hydrogen) atoms. The second-order valence-electron chi connectivity index (χ2n) is 5.11. The lowest BCUT2D eigenvalue weighted by atomic mass is 9.99. The fourth-order valence-electron chi connectivity index (χ4n) is 2.27. The van der Waals surface area contributed by atoms with Crippen molar-refractivity contribution in [1.82, 2.24) is 5.32 Å². The van der Waals surface area contributed by atoms with Crippen molar-refractivity contribution < 1.29 is 14.2 Å². The smallest absolute Gasteiger partial charge is 0.124 e. The van der Waals surface area contributed by atoms with Gasteiger partial charge >= 0.3 is 0 Å². The molecule has 0 bridgehead atoms. The molecule has 0 saturated carbocycles. The molecule has 0 aliphatic carbocycles. The van der Waals surface area contributed by atoms with Crippen LogP contribution in [0.15, 0.2) is 24.3 Å². The van der Waals surface area contributed by atoms with Gasteiger partial charge in [0.15, 0.2) is 0 Å². The Balaban J connectivity index is 2.75. The Bertz CT molecular complexity index is 384. The highest BCUT2D eigenvalue weighted by Crippen LogP contribution is 2.28. The Hall–Kier alpha value is -1.10. The normalized spacial score (nSPS) is 13.9. The largest absolute Gasteiger partial charge is 0.491 e. The third-order valence-corrected chi connectivity index (χ3v) is 3.55. The maximum atomic E-state index is 5.84. The molecule has 0 radical (unpaired) electrons. The van der Waals surface area contributed by atoms with Gasteiger partial charge in [-0.15, -0.1) is 0 Å². The van der Waals surface area contributed by atoms with Crippen molar-refractivity contribution in [2.45, 2.75) is 38.8 Å². The monoisotopic (exact) mass is 295 g/mol. The Morgan fingerprint density at radius 3 is 2.52 bits per heavy atom. The van der Waals surface area contributed by atoms with Crippen molar-refractivity contribution in [1.29, 1.82) is 0 Å². The van der Waals surface area contributed by atoms with E-state index in [1.807, 2.05) is 12.1 Å². The zero-order chi connectivity index (χ0) is 15.5. The van der Waals surface area contributed by atoms with Crippen molar-refractivity contribution in [3.63, 3.8) is 0 Å². The van der Waals surface area contributed by atoms with E-state index in [1.165, 1.54) is 5.56 Å². The first-order chi connectivity index (χ1) is 10.2. The lowest BCUT2D eigenvalue weighted by molar-refractivity contribution is 0.106. The van der Waals surface area contributed by atoms with Gasteiger partial charge in [-0.2, -0.15) is 0 Å². The van der Waals surface area contributed by atoms with E-state index in [9.17, 15) is 0 Å². The molecular weight excluding hydrogens is 266 g/mol. The highest BCUT2D eigenvalue weighted by atomic mass is 16.5. The van der Waals surface area contributed by atoms with E-state index < -0.39 is 0 Å². The van der Waals surface area contributed by atoms with Gasteiger partial charge in [0.05, 0.1) is 12.7 Å². The van der Waals surface area contributed by atoms with E-state index in [2.05, 4.69) is 31.3 Å². The summed E-state index contributed by atoms with van der Waals surface area (Å²) in [6, 6.07) is 8.50. The number of rotatable bonds is 11. The van der Waals surface area contributed by atoms with Crippen LogP contribution in [0, 0.1) is 0 Å². The molecule has 0 fully saturated rings. The lowest BCUT2D eigenvalue weighted by Crippen LogP contribution is -2.23. The second kappa shape index (κ2) is 10.6. The minimum absolute atomic E-state index is 0.271. The lowest BCUT2D eigenvalue weighted by Gasteiger charge is -2.22. The predicted octanol–water partition coefficient (Wildman–Crippen LogP) is 3.18. The number of ether oxygens (including phenoxy) is 3. The summed E-state index contributed by atoms with van der Waals surface area (Å²) < 4.78 is 16.2. The number of benzene rings is 1. The number of nitrogens with one attached hydrogen (secondary N) is 1. The minimum Gasteiger partial charge on any atom is -0.491 e. The molecule has 4 nitrogen and oxygen atoms in total. The SMILES string of the molecule is CCNC(CCC(C)OC)c1ccccc1OCCOC. The maximum absolute atomic E-state index is 5.84. The van der Waals surface area contributed by atoms with Crippen molar-refractivity contribution in [3.05, 3.63) is 29.8 Å². The van der Waals surface area contributed by atoms with Gasteiger partial charge in [-0.25, -0.2) is 0 Å². The topological polar surface area (TPSA) is 39.7 Å². The molecule has 1 rings (SSSR count). The van der Waals surface area contributed by atoms with Gasteiger partial charge in [0, 0.05) is 25.8 Å². The summed E-state index contributed by atoms with van der Waals surface area (Å²) in [5.74, 6) is 0.936. The number of hydrogen-bond acceptors (Lipinski definition) is 4. The maximum Gasteiger partial charge on any atom is 0.124 e. The molecule has 1 aromatic rings. The first-order valence-corrected chi connectivity index (χ1v) is 7.69. The summed E-state index contributed by atoms with van der Waals surface area (Å²) in [4.78, 5) is 0. The zero-order valence-corrected chi connectivity index (χ0v) is 13.7. The third kappa shape index (κ3) is 6.46. The molecule has 1 aromatic carbocycles. The summed E-state index contributed by atoms with van der Waals surface area (Å²) in [7, 11) is 3.44. The third-order valence-electron chi connectivity index (χ3n) is 3.55. The van der Waals surface area contributed by atoms with Crippen LogP contribution in [0.3, 0.4) is 0 Å². The number of methoxy groups -OCH3 is 2. The van der Waals surface area contributed by atoms with Gasteiger partial charge in [0.2, 0.25) is 0 Å². The molecule has 4 heteroatoms. The molecule has 0 aromatic heterocycles. The van der Waals surface area contributed by atoms with Gasteiger partial charge in [0.25, 0.3) is 0 Å². The van der Waals surface area contributed by atoms with E-state index in [0.717, 1.165) is 25.1 Å². The van der Waals surface area contributed by atoms with E-state index in [0.29, 0.717) is 13.2 Å². The highest BCUT2D eigenvalue weighted by Gasteiger charge is 2.16. The van der Waals surface area contributed by atoms with Crippen molar-refractivity contribution >= 4 is 0 Å². The Morgan fingerprint density at radius 1 is 1.10 bits per heavy atom. The minimum atomic E-state index is 0.271. The van der Waals surface area contributed by atoms with Crippen molar-refractivity contribution in [2.75, 3.05) is 34.0 Å². The van der Waals surface area contributed by atoms with Gasteiger partial charge in [-0.1, -0.05) is 25.1 Å². The summed E-state index contributed by atoms with van der Waals surface area (Å²) in [5, 5.41) is 3.54. The fourth-order valence-corrected chi connectivity index (χ4v) is 2.27. The Morgan fingerprint density at radius 2 is 1.86 bits per heavy atom. The first kappa shape index (κ1) is 18.0. The summed E-state index contributed by atoms with van der Waals surface area (Å²) in [5.41, 5.74) is 1.21. The molecule has 2 atom stereocenters. The van der Waals surface area contributed by atoms with Crippen LogP contribution in [0.1, 0.15) is 38.3 Å². The van der Waals surface area contributed by atoms with Gasteiger partial charge in [-0.05, 0) is 32.4 Å². The van der Waals surface area contributed by atoms with Crippen molar-refractivity contribution in [3.8, 4) is 5.75 Å². The van der Waals surface area contributed by atoms with Crippen LogP contribution in [0.2, 0.25) is 0 Å². The Labute approximate surface area is 128 Å². The Kier molecular flexibility index (Phi) is 9.06. The molecule has 0 heterocycles. The molecule has 0 amide bonds. The zero-order valence-electron chi connectivity index (χ0n) is 13.7. The molecule has 0 aliphatic rings. The van der Waals surface area contributed by atoms with Crippen LogP contribution in [0.5, 0.6) is 5.75 Å². The van der Waals surface area contributed by atoms with Crippen LogP contribution < -0.4 is 10.1 Å². The average molecular weight is 295 g/mol. The molecule has 120 valence electrons. The van der Waals surface area contributed by atoms with Crippen LogP contribution in [0.4, 0.5) is 0 Å². The van der Waals surface area contributed by atoms with Gasteiger partial charge in [0.1, 0.15) is 12.4 Å². The molecule has 2 unspecified atom stereocenters. The first-order valence-electron chi connectivity index (χ1n) is 7.69. The van der Waals surface area contributed by atoms with E-state index in [-0.39, 0.29) is 12.1 Å². The van der Waals surface area contributed by atoms with Crippen LogP contribution in [-0.4, -0.2) is 40.1 Å². The highest BCUT2D eigenvalue weighted by molar-refractivity contribution is 5.36. The number of hydrogen-bond donors (Lipinski definition) is 1. The second-order valence-corrected chi connectivity index (χ2v) is 5.11. The molecule has 1 N–H and O–H groups in total. The number of para-hydroxylation sites is 1. The van der Waals surface area contributed by atoms with Crippen LogP contribution in [-0.2, 0) is 9.47 Å². The molecular formula is C17H29NO3. The predicted molar refractivity (Wildman–Crippen MR) is 85.9 cm³/mol. The standard InChI is InChI=1S/C17H29NO3/c1-5-18-16(11-10-14(2)20-4)15-8-6-7-9-17(15)21-13-12-19-3/h6-9,14,16,18H,5,10-13H2,1-4H3. The molecule has 0 spiro atoms. The summed E-state index contributed by atoms with van der Waals surface area (Å²) in [6.07, 6.45) is 2.31. The van der Waals surface area contributed by atoms with Gasteiger partial charge < -0.3 is 19.5 Å². The summed E-state index contributed by atoms with van der Waals surface area (Å²) >= 11 is 0. The van der Waals surface area contributed by atoms with E-state index in [4.69, 9.17) is 14.2 Å². The van der Waals surface area contributed by atoms with Crippen molar-refractivity contribution in [2.24, 2.45) is 0 Å². The van der Waals surface area contributed by atoms with E-state index >= 15 is 0 Å².